The van der Waals surface area contributed by atoms with Crippen LogP contribution in [0.15, 0.2) is 58.1 Å². The molecule has 6 heteroatoms. The van der Waals surface area contributed by atoms with Gasteiger partial charge in [-0.15, -0.1) is 24.0 Å². The van der Waals surface area contributed by atoms with E-state index in [1.54, 1.807) is 6.26 Å². The Hall–Kier alpha value is -1.96. The van der Waals surface area contributed by atoms with Crippen LogP contribution in [0.3, 0.4) is 0 Å². The van der Waals surface area contributed by atoms with Crippen molar-refractivity contribution in [3.05, 3.63) is 60.2 Å². The van der Waals surface area contributed by atoms with Crippen LogP contribution in [-0.2, 0) is 13.1 Å². The van der Waals surface area contributed by atoms with Crippen molar-refractivity contribution < 1.29 is 4.42 Å². The Labute approximate surface area is 152 Å². The van der Waals surface area contributed by atoms with Crippen molar-refractivity contribution in [1.29, 1.82) is 0 Å². The number of hydrogen-bond donors (Lipinski definition) is 3. The topological polar surface area (TPSA) is 65.3 Å². The monoisotopic (exact) mass is 424 g/mol. The van der Waals surface area contributed by atoms with Crippen LogP contribution in [0.1, 0.15) is 18.4 Å². The molecule has 0 aliphatic rings. The summed E-state index contributed by atoms with van der Waals surface area (Å²) < 4.78 is 5.31. The lowest BCUT2D eigenvalue weighted by atomic mass is 10.2. The lowest BCUT2D eigenvalue weighted by Gasteiger charge is -2.09. The molecular weight excluding hydrogens is 403 g/mol. The van der Waals surface area contributed by atoms with Gasteiger partial charge in [-0.1, -0.05) is 18.2 Å². The number of para-hydroxylation sites is 1. The SMILES string of the molecule is CCNC(=NCc1cc2ccccc2[nH]1)NCc1ccco1.I. The third kappa shape index (κ3) is 4.75. The van der Waals surface area contributed by atoms with Crippen molar-refractivity contribution in [1.82, 2.24) is 15.6 Å². The first-order valence-electron chi connectivity index (χ1n) is 7.46. The van der Waals surface area contributed by atoms with Gasteiger partial charge in [0.15, 0.2) is 5.96 Å². The molecule has 2 aromatic heterocycles. The maximum atomic E-state index is 5.31. The lowest BCUT2D eigenvalue weighted by molar-refractivity contribution is 0.501. The van der Waals surface area contributed by atoms with Crippen molar-refractivity contribution >= 4 is 40.8 Å². The summed E-state index contributed by atoms with van der Waals surface area (Å²) in [6, 6.07) is 14.2. The molecule has 0 aliphatic carbocycles. The van der Waals surface area contributed by atoms with Gasteiger partial charge < -0.3 is 20.0 Å². The molecule has 5 nitrogen and oxygen atoms in total. The Morgan fingerprint density at radius 1 is 1.17 bits per heavy atom. The van der Waals surface area contributed by atoms with Crippen molar-refractivity contribution in [3.63, 3.8) is 0 Å². The van der Waals surface area contributed by atoms with Crippen LogP contribution in [0.2, 0.25) is 0 Å². The molecule has 1 aromatic carbocycles. The van der Waals surface area contributed by atoms with E-state index in [4.69, 9.17) is 4.42 Å². The second-order valence-electron chi connectivity index (χ2n) is 5.01. The minimum Gasteiger partial charge on any atom is -0.467 e. The van der Waals surface area contributed by atoms with Crippen LogP contribution in [-0.4, -0.2) is 17.5 Å². The van der Waals surface area contributed by atoms with Crippen LogP contribution in [0, 0.1) is 0 Å². The van der Waals surface area contributed by atoms with Gasteiger partial charge in [0.05, 0.1) is 19.4 Å². The highest BCUT2D eigenvalue weighted by Crippen LogP contribution is 2.15. The van der Waals surface area contributed by atoms with Crippen LogP contribution >= 0.6 is 24.0 Å². The number of hydrogen-bond acceptors (Lipinski definition) is 2. The van der Waals surface area contributed by atoms with E-state index in [1.807, 2.05) is 31.2 Å². The maximum absolute atomic E-state index is 5.31. The highest BCUT2D eigenvalue weighted by atomic mass is 127. The number of halogens is 1. The molecule has 0 aliphatic heterocycles. The zero-order valence-corrected chi connectivity index (χ0v) is 15.3. The fraction of sp³-hybridized carbons (Fsp3) is 0.235. The van der Waals surface area contributed by atoms with E-state index < -0.39 is 0 Å². The summed E-state index contributed by atoms with van der Waals surface area (Å²) in [6.45, 7) is 4.08. The van der Waals surface area contributed by atoms with Gasteiger partial charge in [-0.25, -0.2) is 4.99 Å². The maximum Gasteiger partial charge on any atom is 0.192 e. The van der Waals surface area contributed by atoms with E-state index in [0.29, 0.717) is 13.1 Å². The largest absolute Gasteiger partial charge is 0.467 e. The van der Waals surface area contributed by atoms with Crippen molar-refractivity contribution in [2.75, 3.05) is 6.54 Å². The molecule has 23 heavy (non-hydrogen) atoms. The zero-order valence-electron chi connectivity index (χ0n) is 13.0. The second kappa shape index (κ2) is 8.61. The predicted octanol–water partition coefficient (Wildman–Crippen LogP) is 3.63. The summed E-state index contributed by atoms with van der Waals surface area (Å²) >= 11 is 0. The molecule has 0 radical (unpaired) electrons. The molecule has 0 bridgehead atoms. The predicted molar refractivity (Wildman–Crippen MR) is 104 cm³/mol. The Morgan fingerprint density at radius 3 is 2.78 bits per heavy atom. The van der Waals surface area contributed by atoms with Gasteiger partial charge in [0.1, 0.15) is 5.76 Å². The first-order chi connectivity index (χ1) is 10.8. The van der Waals surface area contributed by atoms with Crippen LogP contribution < -0.4 is 10.6 Å². The number of fused-ring (bicyclic) bond motifs is 1. The van der Waals surface area contributed by atoms with Gasteiger partial charge in [0, 0.05) is 17.8 Å². The molecule has 3 rings (SSSR count). The Balaban J connectivity index is 0.00000192. The molecule has 0 amide bonds. The molecule has 0 unspecified atom stereocenters. The van der Waals surface area contributed by atoms with E-state index in [-0.39, 0.29) is 24.0 Å². The molecule has 3 N–H and O–H groups in total. The van der Waals surface area contributed by atoms with Gasteiger partial charge in [0.2, 0.25) is 0 Å². The molecular formula is C17H21IN4O. The Kier molecular flexibility index (Phi) is 6.52. The van der Waals surface area contributed by atoms with E-state index in [9.17, 15) is 0 Å². The zero-order chi connectivity index (χ0) is 15.2. The fourth-order valence-corrected chi connectivity index (χ4v) is 2.31. The highest BCUT2D eigenvalue weighted by Gasteiger charge is 2.02. The molecule has 3 aromatic rings. The van der Waals surface area contributed by atoms with Gasteiger partial charge in [-0.2, -0.15) is 0 Å². The van der Waals surface area contributed by atoms with E-state index in [0.717, 1.165) is 29.5 Å². The number of nitrogens with one attached hydrogen (secondary N) is 3. The normalized spacial score (nSPS) is 11.3. The van der Waals surface area contributed by atoms with Crippen LogP contribution in [0.5, 0.6) is 0 Å². The molecule has 0 fully saturated rings. The average molecular weight is 424 g/mol. The number of aromatic amines is 1. The van der Waals surface area contributed by atoms with E-state index in [1.165, 1.54) is 5.39 Å². The minimum atomic E-state index is 0. The minimum absolute atomic E-state index is 0. The summed E-state index contributed by atoms with van der Waals surface area (Å²) in [7, 11) is 0. The van der Waals surface area contributed by atoms with Crippen LogP contribution in [0.25, 0.3) is 10.9 Å². The number of nitrogens with zero attached hydrogens (tertiary/aromatic N) is 1. The summed E-state index contributed by atoms with van der Waals surface area (Å²) in [5.74, 6) is 1.66. The summed E-state index contributed by atoms with van der Waals surface area (Å²) in [4.78, 5) is 7.98. The number of aliphatic imine (C=N–C) groups is 1. The standard InChI is InChI=1S/C17H20N4O.HI/c1-2-18-17(20-12-15-7-5-9-22-15)19-11-14-10-13-6-3-4-8-16(13)21-14;/h3-10,21H,2,11-12H2,1H3,(H2,18,19,20);1H. The number of furan rings is 1. The number of aromatic nitrogens is 1. The van der Waals surface area contributed by atoms with Crippen molar-refractivity contribution in [3.8, 4) is 0 Å². The highest BCUT2D eigenvalue weighted by molar-refractivity contribution is 14.0. The molecule has 0 spiro atoms. The van der Waals surface area contributed by atoms with Crippen molar-refractivity contribution in [2.24, 2.45) is 4.99 Å². The van der Waals surface area contributed by atoms with Crippen molar-refractivity contribution in [2.45, 2.75) is 20.0 Å². The smallest absolute Gasteiger partial charge is 0.192 e. The summed E-state index contributed by atoms with van der Waals surface area (Å²) in [6.07, 6.45) is 1.67. The van der Waals surface area contributed by atoms with Gasteiger partial charge >= 0.3 is 0 Å². The number of guanidine groups is 1. The summed E-state index contributed by atoms with van der Waals surface area (Å²) in [5.41, 5.74) is 2.23. The molecule has 0 saturated heterocycles. The third-order valence-electron chi connectivity index (χ3n) is 3.35. The molecule has 0 atom stereocenters. The molecule has 0 saturated carbocycles. The third-order valence-corrected chi connectivity index (χ3v) is 3.35. The van der Waals surface area contributed by atoms with Crippen LogP contribution in [0.4, 0.5) is 0 Å². The average Bonchev–Trinajstić information content (AvgIpc) is 3.18. The first-order valence-corrected chi connectivity index (χ1v) is 7.46. The number of rotatable bonds is 5. The quantitative estimate of drug-likeness (QED) is 0.333. The lowest BCUT2D eigenvalue weighted by Crippen LogP contribution is -2.36. The second-order valence-corrected chi connectivity index (χ2v) is 5.01. The van der Waals surface area contributed by atoms with Gasteiger partial charge in [0.25, 0.3) is 0 Å². The molecule has 2 heterocycles. The van der Waals surface area contributed by atoms with E-state index in [2.05, 4.69) is 38.8 Å². The van der Waals surface area contributed by atoms with Gasteiger partial charge in [-0.3, -0.25) is 0 Å². The first kappa shape index (κ1) is 17.4. The Morgan fingerprint density at radius 2 is 2.04 bits per heavy atom. The fourth-order valence-electron chi connectivity index (χ4n) is 2.31. The van der Waals surface area contributed by atoms with E-state index >= 15 is 0 Å². The number of benzene rings is 1. The molecule has 122 valence electrons. The number of H-pyrrole nitrogens is 1. The van der Waals surface area contributed by atoms with Gasteiger partial charge in [-0.05, 0) is 36.6 Å². The Bertz CT molecular complexity index is 716. The summed E-state index contributed by atoms with van der Waals surface area (Å²) in [5, 5.41) is 7.70.